The molecule has 1 aliphatic carbocycles. The van der Waals surface area contributed by atoms with E-state index in [2.05, 4.69) is 15.2 Å². The Morgan fingerprint density at radius 1 is 1.17 bits per heavy atom. The predicted molar refractivity (Wildman–Crippen MR) is 115 cm³/mol. The van der Waals surface area contributed by atoms with Crippen molar-refractivity contribution >= 4 is 28.3 Å². The molecule has 0 spiro atoms. The summed E-state index contributed by atoms with van der Waals surface area (Å²) in [6.07, 6.45) is 7.72. The lowest BCUT2D eigenvalue weighted by molar-refractivity contribution is -0.137. The van der Waals surface area contributed by atoms with Crippen molar-refractivity contribution in [3.63, 3.8) is 0 Å². The first-order valence-electron chi connectivity index (χ1n) is 10.7. The van der Waals surface area contributed by atoms with Crippen molar-refractivity contribution in [2.75, 3.05) is 38.0 Å². The maximum absolute atomic E-state index is 13.1. The number of hydrogen-bond donors (Lipinski definition) is 2. The maximum atomic E-state index is 13.1. The van der Waals surface area contributed by atoms with E-state index < -0.39 is 5.60 Å². The zero-order valence-corrected chi connectivity index (χ0v) is 18.5. The first kappa shape index (κ1) is 22.2. The molecule has 1 saturated heterocycles. The molecule has 2 aliphatic rings. The van der Waals surface area contributed by atoms with Gasteiger partial charge in [0.15, 0.2) is 5.13 Å². The van der Waals surface area contributed by atoms with E-state index in [1.807, 2.05) is 24.1 Å². The van der Waals surface area contributed by atoms with Gasteiger partial charge in [0.05, 0.1) is 5.60 Å². The van der Waals surface area contributed by atoms with Gasteiger partial charge in [-0.15, -0.1) is 11.3 Å². The molecule has 2 fully saturated rings. The van der Waals surface area contributed by atoms with Crippen LogP contribution in [0, 0.1) is 5.41 Å². The molecule has 0 aromatic carbocycles. The van der Waals surface area contributed by atoms with Crippen molar-refractivity contribution in [3.8, 4) is 0 Å². The second-order valence-electron chi connectivity index (χ2n) is 9.27. The van der Waals surface area contributed by atoms with Crippen LogP contribution in [0.2, 0.25) is 0 Å². The molecule has 8 heteroatoms. The van der Waals surface area contributed by atoms with Gasteiger partial charge >= 0.3 is 0 Å². The van der Waals surface area contributed by atoms with Gasteiger partial charge in [-0.05, 0) is 32.1 Å². The van der Waals surface area contributed by atoms with Gasteiger partial charge in [0.2, 0.25) is 11.8 Å². The summed E-state index contributed by atoms with van der Waals surface area (Å²) in [5.41, 5.74) is -0.954. The van der Waals surface area contributed by atoms with Crippen LogP contribution in [0.5, 0.6) is 0 Å². The molecule has 0 atom stereocenters. The molecule has 1 aliphatic heterocycles. The first-order valence-corrected chi connectivity index (χ1v) is 11.5. The molecule has 1 saturated carbocycles. The average Bonchev–Trinajstić information content (AvgIpc) is 3.14. The van der Waals surface area contributed by atoms with E-state index in [0.717, 1.165) is 38.8 Å². The Morgan fingerprint density at radius 3 is 2.45 bits per heavy atom. The fourth-order valence-corrected chi connectivity index (χ4v) is 5.19. The SMILES string of the molecule is CC(C)(O)CN1CCN(C(=O)CC2(CC(=O)Nc3nccs3)CCCCC2)CC1. The number of rotatable bonds is 7. The molecule has 1 aromatic rings. The van der Waals surface area contributed by atoms with Gasteiger partial charge in [-0.1, -0.05) is 19.3 Å². The van der Waals surface area contributed by atoms with Crippen LogP contribution in [0.1, 0.15) is 58.8 Å². The van der Waals surface area contributed by atoms with Crippen molar-refractivity contribution < 1.29 is 14.7 Å². The van der Waals surface area contributed by atoms with Gasteiger partial charge in [0, 0.05) is 57.1 Å². The summed E-state index contributed by atoms with van der Waals surface area (Å²) in [5.74, 6) is 0.126. The molecule has 162 valence electrons. The van der Waals surface area contributed by atoms with Gasteiger partial charge < -0.3 is 15.3 Å². The Kier molecular flexibility index (Phi) is 7.29. The molecule has 7 nitrogen and oxygen atoms in total. The number of β-amino-alcohol motifs (C(OH)–C–C–N with tert-alkyl or cyclic N) is 1. The van der Waals surface area contributed by atoms with Crippen LogP contribution < -0.4 is 5.32 Å². The van der Waals surface area contributed by atoms with Gasteiger partial charge in [-0.25, -0.2) is 4.98 Å². The smallest absolute Gasteiger partial charge is 0.226 e. The summed E-state index contributed by atoms with van der Waals surface area (Å²) >= 11 is 1.41. The molecular formula is C21H34N4O3S. The van der Waals surface area contributed by atoms with E-state index >= 15 is 0 Å². The number of aromatic nitrogens is 1. The molecule has 3 rings (SSSR count). The summed E-state index contributed by atoms with van der Waals surface area (Å²) in [6, 6.07) is 0. The fourth-order valence-electron chi connectivity index (χ4n) is 4.64. The highest BCUT2D eigenvalue weighted by atomic mass is 32.1. The molecule has 2 heterocycles. The van der Waals surface area contributed by atoms with Gasteiger partial charge in [0.25, 0.3) is 0 Å². The van der Waals surface area contributed by atoms with Crippen LogP contribution in [-0.2, 0) is 9.59 Å². The van der Waals surface area contributed by atoms with Gasteiger partial charge in [-0.2, -0.15) is 0 Å². The molecule has 2 N–H and O–H groups in total. The third-order valence-electron chi connectivity index (χ3n) is 5.99. The number of amides is 2. The summed E-state index contributed by atoms with van der Waals surface area (Å²) in [5, 5.41) is 15.4. The number of thiazole rings is 1. The zero-order chi connectivity index (χ0) is 20.9. The molecule has 29 heavy (non-hydrogen) atoms. The number of carbonyl (C=O) groups excluding carboxylic acids is 2. The number of carbonyl (C=O) groups is 2. The van der Waals surface area contributed by atoms with E-state index in [4.69, 9.17) is 0 Å². The minimum Gasteiger partial charge on any atom is -0.389 e. The molecule has 0 bridgehead atoms. The van der Waals surface area contributed by atoms with E-state index in [0.29, 0.717) is 37.6 Å². The quantitative estimate of drug-likeness (QED) is 0.706. The number of piperazine rings is 1. The van der Waals surface area contributed by atoms with Crippen molar-refractivity contribution in [3.05, 3.63) is 11.6 Å². The third-order valence-corrected chi connectivity index (χ3v) is 6.68. The summed E-state index contributed by atoms with van der Waals surface area (Å²) < 4.78 is 0. The Labute approximate surface area is 177 Å². The lowest BCUT2D eigenvalue weighted by atomic mass is 9.69. The fraction of sp³-hybridized carbons (Fsp3) is 0.762. The molecule has 2 amide bonds. The number of anilines is 1. The molecule has 1 aromatic heterocycles. The van der Waals surface area contributed by atoms with Crippen LogP contribution >= 0.6 is 11.3 Å². The Hall–Kier alpha value is -1.51. The average molecular weight is 423 g/mol. The monoisotopic (exact) mass is 422 g/mol. The largest absolute Gasteiger partial charge is 0.389 e. The van der Waals surface area contributed by atoms with Crippen LogP contribution in [0.15, 0.2) is 11.6 Å². The Balaban J connectivity index is 1.55. The predicted octanol–water partition coefficient (Wildman–Crippen LogP) is 2.73. The molecular weight excluding hydrogens is 388 g/mol. The van der Waals surface area contributed by atoms with Crippen molar-refractivity contribution in [1.29, 1.82) is 0 Å². The minimum absolute atomic E-state index is 0.0374. The lowest BCUT2D eigenvalue weighted by Crippen LogP contribution is -2.52. The van der Waals surface area contributed by atoms with Gasteiger partial charge in [-0.3, -0.25) is 14.5 Å². The number of nitrogens with zero attached hydrogens (tertiary/aromatic N) is 3. The Bertz CT molecular complexity index is 673. The summed E-state index contributed by atoms with van der Waals surface area (Å²) in [4.78, 5) is 34.0. The highest BCUT2D eigenvalue weighted by molar-refractivity contribution is 7.13. The van der Waals surface area contributed by atoms with Crippen LogP contribution in [0.25, 0.3) is 0 Å². The van der Waals surface area contributed by atoms with E-state index in [9.17, 15) is 14.7 Å². The first-order chi connectivity index (χ1) is 13.7. The van der Waals surface area contributed by atoms with Crippen LogP contribution in [0.3, 0.4) is 0 Å². The number of nitrogens with one attached hydrogen (secondary N) is 1. The lowest BCUT2D eigenvalue weighted by Gasteiger charge is -2.41. The molecule has 0 radical (unpaired) electrons. The standard InChI is InChI=1S/C21H34N4O3S/c1-20(2,28)16-24-9-11-25(12-10-24)18(27)15-21(6-4-3-5-7-21)14-17(26)23-19-22-8-13-29-19/h8,13,28H,3-7,9-12,14-16H2,1-2H3,(H,22,23,26). The number of hydrogen-bond acceptors (Lipinski definition) is 6. The van der Waals surface area contributed by atoms with E-state index in [-0.39, 0.29) is 17.2 Å². The zero-order valence-electron chi connectivity index (χ0n) is 17.7. The van der Waals surface area contributed by atoms with Crippen LogP contribution in [-0.4, -0.2) is 70.0 Å². The second kappa shape index (κ2) is 9.53. The minimum atomic E-state index is -0.719. The second-order valence-corrected chi connectivity index (χ2v) is 10.2. The normalized spacial score (nSPS) is 20.4. The molecule has 0 unspecified atom stereocenters. The van der Waals surface area contributed by atoms with Crippen molar-refractivity contribution in [1.82, 2.24) is 14.8 Å². The maximum Gasteiger partial charge on any atom is 0.226 e. The van der Waals surface area contributed by atoms with Crippen molar-refractivity contribution in [2.24, 2.45) is 5.41 Å². The summed E-state index contributed by atoms with van der Waals surface area (Å²) in [6.45, 7) is 7.20. The Morgan fingerprint density at radius 2 is 1.86 bits per heavy atom. The topological polar surface area (TPSA) is 85.8 Å². The summed E-state index contributed by atoms with van der Waals surface area (Å²) in [7, 11) is 0. The number of aliphatic hydroxyl groups is 1. The highest BCUT2D eigenvalue weighted by Crippen LogP contribution is 2.43. The van der Waals surface area contributed by atoms with Crippen molar-refractivity contribution in [2.45, 2.75) is 64.4 Å². The highest BCUT2D eigenvalue weighted by Gasteiger charge is 2.38. The van der Waals surface area contributed by atoms with E-state index in [1.54, 1.807) is 6.20 Å². The van der Waals surface area contributed by atoms with Crippen LogP contribution in [0.4, 0.5) is 5.13 Å². The third kappa shape index (κ3) is 6.76. The van der Waals surface area contributed by atoms with Gasteiger partial charge in [0.1, 0.15) is 0 Å². The van der Waals surface area contributed by atoms with E-state index in [1.165, 1.54) is 17.8 Å².